The van der Waals surface area contributed by atoms with E-state index in [0.29, 0.717) is 6.42 Å². The van der Waals surface area contributed by atoms with Gasteiger partial charge in [0.1, 0.15) is 11.4 Å². The maximum Gasteiger partial charge on any atom is 0.365 e. The van der Waals surface area contributed by atoms with Crippen LogP contribution in [0.2, 0.25) is 0 Å². The van der Waals surface area contributed by atoms with E-state index in [0.717, 1.165) is 22.4 Å². The molecule has 0 amide bonds. The van der Waals surface area contributed by atoms with Crippen LogP contribution in [-0.4, -0.2) is 24.7 Å². The van der Waals surface area contributed by atoms with Crippen molar-refractivity contribution >= 4 is 5.97 Å². The molecule has 0 aliphatic heterocycles. The fourth-order valence-electron chi connectivity index (χ4n) is 2.39. The van der Waals surface area contributed by atoms with Gasteiger partial charge in [-0.3, -0.25) is 0 Å². The molecule has 2 rings (SSSR count). The van der Waals surface area contributed by atoms with Gasteiger partial charge < -0.3 is 15.2 Å². The molecule has 0 radical (unpaired) electrons. The second-order valence-electron chi connectivity index (χ2n) is 6.86. The molecule has 0 spiro atoms. The summed E-state index contributed by atoms with van der Waals surface area (Å²) >= 11 is 0. The summed E-state index contributed by atoms with van der Waals surface area (Å²) in [7, 11) is 1.66. The molecule has 3 N–H and O–H groups in total. The van der Waals surface area contributed by atoms with Crippen molar-refractivity contribution in [2.24, 2.45) is 0 Å². The average molecular weight is 328 g/mol. The summed E-state index contributed by atoms with van der Waals surface area (Å²) in [6, 6.07) is 15.7. The van der Waals surface area contributed by atoms with Crippen molar-refractivity contribution in [2.75, 3.05) is 7.11 Å². The standard InChI is InChI=1S/C20H25NO3/c1-20(2,3)24-19(22)18(21)12-14-8-10-15(11-9-14)16-6-5-7-17(13-16)23-4/h5-11,13,18H,12,21H2,1-4H3/p+1/t18-/m0/s1. The Morgan fingerprint density at radius 3 is 2.33 bits per heavy atom. The number of hydrogen-bond acceptors (Lipinski definition) is 3. The first-order chi connectivity index (χ1) is 11.3. The molecule has 0 heterocycles. The van der Waals surface area contributed by atoms with Gasteiger partial charge >= 0.3 is 5.97 Å². The molecule has 0 aliphatic carbocycles. The molecule has 0 saturated heterocycles. The summed E-state index contributed by atoms with van der Waals surface area (Å²) in [4.78, 5) is 12.0. The average Bonchev–Trinajstić information content (AvgIpc) is 2.54. The second-order valence-corrected chi connectivity index (χ2v) is 6.86. The Hall–Kier alpha value is -2.33. The van der Waals surface area contributed by atoms with Gasteiger partial charge in [0, 0.05) is 6.42 Å². The lowest BCUT2D eigenvalue weighted by atomic mass is 10.0. The maximum absolute atomic E-state index is 12.0. The van der Waals surface area contributed by atoms with Crippen molar-refractivity contribution in [2.45, 2.75) is 38.8 Å². The van der Waals surface area contributed by atoms with Gasteiger partial charge in [0.15, 0.2) is 6.04 Å². The number of quaternary nitrogens is 1. The van der Waals surface area contributed by atoms with E-state index in [4.69, 9.17) is 9.47 Å². The van der Waals surface area contributed by atoms with E-state index in [2.05, 4.69) is 5.73 Å². The van der Waals surface area contributed by atoms with Gasteiger partial charge in [0.05, 0.1) is 7.11 Å². The highest BCUT2D eigenvalue weighted by Gasteiger charge is 2.25. The van der Waals surface area contributed by atoms with Crippen LogP contribution in [-0.2, 0) is 16.0 Å². The highest BCUT2D eigenvalue weighted by Crippen LogP contribution is 2.24. The van der Waals surface area contributed by atoms with E-state index in [9.17, 15) is 4.79 Å². The van der Waals surface area contributed by atoms with Crippen LogP contribution in [0.1, 0.15) is 26.3 Å². The second kappa shape index (κ2) is 7.49. The van der Waals surface area contributed by atoms with E-state index < -0.39 is 11.6 Å². The summed E-state index contributed by atoms with van der Waals surface area (Å²) in [6.07, 6.45) is 0.563. The number of benzene rings is 2. The molecule has 0 fully saturated rings. The van der Waals surface area contributed by atoms with Gasteiger partial charge in [-0.15, -0.1) is 0 Å². The minimum Gasteiger partial charge on any atom is -0.497 e. The number of carbonyl (C=O) groups is 1. The van der Waals surface area contributed by atoms with Gasteiger partial charge in [-0.2, -0.15) is 0 Å². The molecule has 4 nitrogen and oxygen atoms in total. The Balaban J connectivity index is 2.05. The Kier molecular flexibility index (Phi) is 5.62. The number of carbonyl (C=O) groups excluding carboxylic acids is 1. The molecule has 1 atom stereocenters. The zero-order chi connectivity index (χ0) is 17.7. The number of rotatable bonds is 5. The minimum absolute atomic E-state index is 0.264. The molecule has 0 aromatic heterocycles. The predicted octanol–water partition coefficient (Wildman–Crippen LogP) is 2.86. The van der Waals surface area contributed by atoms with Crippen molar-refractivity contribution in [1.29, 1.82) is 0 Å². The van der Waals surface area contributed by atoms with Crippen molar-refractivity contribution in [3.8, 4) is 16.9 Å². The minimum atomic E-state index is -0.483. The van der Waals surface area contributed by atoms with Gasteiger partial charge in [-0.1, -0.05) is 36.4 Å². The van der Waals surface area contributed by atoms with Crippen LogP contribution in [0, 0.1) is 0 Å². The number of ether oxygens (including phenoxy) is 2. The van der Waals surface area contributed by atoms with Gasteiger partial charge in [-0.05, 0) is 49.6 Å². The van der Waals surface area contributed by atoms with Crippen molar-refractivity contribution in [3.63, 3.8) is 0 Å². The first-order valence-electron chi connectivity index (χ1n) is 8.08. The van der Waals surface area contributed by atoms with Crippen LogP contribution in [0.3, 0.4) is 0 Å². The highest BCUT2D eigenvalue weighted by molar-refractivity contribution is 5.75. The molecule has 2 aromatic carbocycles. The topological polar surface area (TPSA) is 63.2 Å². The van der Waals surface area contributed by atoms with Crippen LogP contribution in [0.25, 0.3) is 11.1 Å². The van der Waals surface area contributed by atoms with E-state index in [-0.39, 0.29) is 5.97 Å². The zero-order valence-corrected chi connectivity index (χ0v) is 14.8. The summed E-state index contributed by atoms with van der Waals surface area (Å²) in [5.74, 6) is 0.568. The van der Waals surface area contributed by atoms with Crippen LogP contribution < -0.4 is 10.5 Å². The van der Waals surface area contributed by atoms with E-state index in [1.807, 2.05) is 69.3 Å². The van der Waals surface area contributed by atoms with E-state index in [1.54, 1.807) is 7.11 Å². The molecule has 24 heavy (non-hydrogen) atoms. The third-order valence-corrected chi connectivity index (χ3v) is 3.58. The van der Waals surface area contributed by atoms with Crippen molar-refractivity contribution in [1.82, 2.24) is 0 Å². The fraction of sp³-hybridized carbons (Fsp3) is 0.350. The fourth-order valence-corrected chi connectivity index (χ4v) is 2.39. The number of esters is 1. The Morgan fingerprint density at radius 1 is 1.08 bits per heavy atom. The molecule has 0 unspecified atom stereocenters. The lowest BCUT2D eigenvalue weighted by molar-refractivity contribution is -0.409. The molecular weight excluding hydrogens is 302 g/mol. The highest BCUT2D eigenvalue weighted by atomic mass is 16.6. The van der Waals surface area contributed by atoms with E-state index in [1.165, 1.54) is 0 Å². The maximum atomic E-state index is 12.0. The molecule has 4 heteroatoms. The Bertz CT molecular complexity index is 687. The molecule has 2 aromatic rings. The summed E-state index contributed by atoms with van der Waals surface area (Å²) in [6.45, 7) is 5.58. The first-order valence-corrected chi connectivity index (χ1v) is 8.08. The molecule has 0 bridgehead atoms. The van der Waals surface area contributed by atoms with Crippen molar-refractivity contribution < 1.29 is 20.0 Å². The van der Waals surface area contributed by atoms with E-state index >= 15 is 0 Å². The number of methoxy groups -OCH3 is 1. The normalized spacial score (nSPS) is 12.5. The lowest BCUT2D eigenvalue weighted by Gasteiger charge is -2.20. The smallest absolute Gasteiger partial charge is 0.365 e. The van der Waals surface area contributed by atoms with Crippen LogP contribution in [0.4, 0.5) is 0 Å². The van der Waals surface area contributed by atoms with Crippen LogP contribution >= 0.6 is 0 Å². The Labute approximate surface area is 143 Å². The van der Waals surface area contributed by atoms with Gasteiger partial charge in [-0.25, -0.2) is 4.79 Å². The number of hydrogen-bond donors (Lipinski definition) is 1. The Morgan fingerprint density at radius 2 is 1.75 bits per heavy atom. The lowest BCUT2D eigenvalue weighted by Crippen LogP contribution is -2.66. The van der Waals surface area contributed by atoms with Gasteiger partial charge in [0.2, 0.25) is 0 Å². The molecule has 128 valence electrons. The van der Waals surface area contributed by atoms with Crippen LogP contribution in [0.5, 0.6) is 5.75 Å². The third-order valence-electron chi connectivity index (χ3n) is 3.58. The monoisotopic (exact) mass is 328 g/mol. The predicted molar refractivity (Wildman–Crippen MR) is 94.7 cm³/mol. The third kappa shape index (κ3) is 5.10. The summed E-state index contributed by atoms with van der Waals surface area (Å²) in [5, 5.41) is 0. The molecule has 0 saturated carbocycles. The van der Waals surface area contributed by atoms with Crippen LogP contribution in [0.15, 0.2) is 48.5 Å². The largest absolute Gasteiger partial charge is 0.497 e. The zero-order valence-electron chi connectivity index (χ0n) is 14.8. The quantitative estimate of drug-likeness (QED) is 0.859. The summed E-state index contributed by atoms with van der Waals surface area (Å²) < 4.78 is 10.6. The SMILES string of the molecule is COc1cccc(-c2ccc(C[C@H]([NH3+])C(=O)OC(C)(C)C)cc2)c1. The van der Waals surface area contributed by atoms with Gasteiger partial charge in [0.25, 0.3) is 0 Å². The first kappa shape index (κ1) is 18.0. The van der Waals surface area contributed by atoms with Crippen molar-refractivity contribution in [3.05, 3.63) is 54.1 Å². The molecular formula is C20H26NO3+. The molecule has 0 aliphatic rings. The summed E-state index contributed by atoms with van der Waals surface area (Å²) in [5.41, 5.74) is 6.71.